The topological polar surface area (TPSA) is 87.4 Å². The van der Waals surface area contributed by atoms with Gasteiger partial charge in [-0.25, -0.2) is 4.79 Å². The summed E-state index contributed by atoms with van der Waals surface area (Å²) in [5.74, 6) is 0.119. The Hall–Kier alpha value is -2.85. The van der Waals surface area contributed by atoms with Gasteiger partial charge in [-0.05, 0) is 51.1 Å². The second kappa shape index (κ2) is 7.77. The second-order valence-corrected chi connectivity index (χ2v) is 9.28. The van der Waals surface area contributed by atoms with Crippen LogP contribution in [0.15, 0.2) is 29.1 Å². The van der Waals surface area contributed by atoms with E-state index in [0.29, 0.717) is 12.1 Å². The number of carbonyl (C=O) groups is 1. The van der Waals surface area contributed by atoms with Crippen LogP contribution in [0.5, 0.6) is 0 Å². The van der Waals surface area contributed by atoms with Crippen LogP contribution < -0.4 is 10.9 Å². The number of nitrogens with zero attached hydrogens (tertiary/aromatic N) is 3. The third-order valence-corrected chi connectivity index (χ3v) is 5.91. The lowest BCUT2D eigenvalue weighted by molar-refractivity contribution is 0.0477. The lowest BCUT2D eigenvalue weighted by Gasteiger charge is -2.34. The van der Waals surface area contributed by atoms with E-state index in [2.05, 4.69) is 16.3 Å². The van der Waals surface area contributed by atoms with Crippen LogP contribution in [-0.4, -0.2) is 46.8 Å². The van der Waals surface area contributed by atoms with Gasteiger partial charge >= 0.3 is 6.09 Å². The Morgan fingerprint density at radius 3 is 2.60 bits per heavy atom. The molecular formula is C23H28N4O3. The summed E-state index contributed by atoms with van der Waals surface area (Å²) >= 11 is 0. The molecular weight excluding hydrogens is 380 g/mol. The van der Waals surface area contributed by atoms with Gasteiger partial charge in [-0.2, -0.15) is 5.26 Å². The number of hydrogen-bond donors (Lipinski definition) is 1. The Balaban J connectivity index is 1.43. The average Bonchev–Trinajstić information content (AvgIpc) is 3.06. The van der Waals surface area contributed by atoms with Gasteiger partial charge < -0.3 is 19.5 Å². The number of aromatic nitrogens is 1. The summed E-state index contributed by atoms with van der Waals surface area (Å²) in [7, 11) is 0. The zero-order valence-electron chi connectivity index (χ0n) is 17.8. The number of likely N-dealkylation sites (tertiary alicyclic amines) is 1. The first-order valence-corrected chi connectivity index (χ1v) is 10.5. The normalized spacial score (nSPS) is 19.6. The fourth-order valence-electron chi connectivity index (χ4n) is 4.62. The number of alkyl carbamates (subject to hydrolysis) is 1. The minimum Gasteiger partial charge on any atom is -0.444 e. The molecule has 7 heteroatoms. The molecule has 4 rings (SSSR count). The number of piperidine rings is 1. The Kier molecular flexibility index (Phi) is 5.29. The summed E-state index contributed by atoms with van der Waals surface area (Å²) < 4.78 is 7.17. The van der Waals surface area contributed by atoms with E-state index < -0.39 is 5.60 Å². The van der Waals surface area contributed by atoms with Gasteiger partial charge in [0.15, 0.2) is 0 Å². The van der Waals surface area contributed by atoms with Crippen molar-refractivity contribution in [2.75, 3.05) is 19.6 Å². The number of benzene rings is 1. The van der Waals surface area contributed by atoms with Crippen molar-refractivity contribution < 1.29 is 9.53 Å². The van der Waals surface area contributed by atoms with Crippen LogP contribution in [-0.2, 0) is 11.3 Å². The second-order valence-electron chi connectivity index (χ2n) is 9.28. The lowest BCUT2D eigenvalue weighted by atomic mass is 9.93. The van der Waals surface area contributed by atoms with Crippen LogP contribution in [0, 0.1) is 11.3 Å². The first-order valence-electron chi connectivity index (χ1n) is 10.5. The molecule has 0 radical (unpaired) electrons. The summed E-state index contributed by atoms with van der Waals surface area (Å²) in [6, 6.07) is 9.65. The summed E-state index contributed by atoms with van der Waals surface area (Å²) in [5, 5.41) is 13.6. The van der Waals surface area contributed by atoms with E-state index in [4.69, 9.17) is 4.74 Å². The van der Waals surface area contributed by atoms with E-state index in [1.54, 1.807) is 6.07 Å². The molecule has 3 heterocycles. The largest absolute Gasteiger partial charge is 0.444 e. The highest BCUT2D eigenvalue weighted by Crippen LogP contribution is 2.36. The van der Waals surface area contributed by atoms with E-state index in [1.165, 1.54) is 0 Å². The Labute approximate surface area is 176 Å². The Morgan fingerprint density at radius 1 is 1.23 bits per heavy atom. The van der Waals surface area contributed by atoms with E-state index in [-0.39, 0.29) is 23.6 Å². The zero-order valence-corrected chi connectivity index (χ0v) is 17.8. The monoisotopic (exact) mass is 408 g/mol. The molecule has 158 valence electrons. The van der Waals surface area contributed by atoms with E-state index >= 15 is 0 Å². The molecule has 30 heavy (non-hydrogen) atoms. The highest BCUT2D eigenvalue weighted by atomic mass is 16.6. The molecule has 0 aliphatic carbocycles. The fraction of sp³-hybridized carbons (Fsp3) is 0.522. The number of ether oxygens (including phenoxy) is 1. The van der Waals surface area contributed by atoms with Crippen LogP contribution in [0.25, 0.3) is 10.9 Å². The van der Waals surface area contributed by atoms with Crippen molar-refractivity contribution in [1.82, 2.24) is 14.8 Å². The highest BCUT2D eigenvalue weighted by Gasteiger charge is 2.31. The van der Waals surface area contributed by atoms with Gasteiger partial charge in [0.2, 0.25) is 0 Å². The molecule has 1 fully saturated rings. The molecule has 1 N–H and O–H groups in total. The lowest BCUT2D eigenvalue weighted by Crippen LogP contribution is -2.46. The molecule has 0 saturated carbocycles. The third kappa shape index (κ3) is 4.05. The number of nitriles is 1. The highest BCUT2D eigenvalue weighted by molar-refractivity contribution is 5.86. The predicted octanol–water partition coefficient (Wildman–Crippen LogP) is 2.96. The van der Waals surface area contributed by atoms with Gasteiger partial charge in [0, 0.05) is 49.8 Å². The summed E-state index contributed by atoms with van der Waals surface area (Å²) in [5.41, 5.74) is 2.06. The number of amides is 1. The van der Waals surface area contributed by atoms with Crippen molar-refractivity contribution in [3.8, 4) is 6.07 Å². The van der Waals surface area contributed by atoms with Crippen molar-refractivity contribution >= 4 is 17.0 Å². The Bertz CT molecular complexity index is 1070. The molecule has 2 aliphatic rings. The maximum Gasteiger partial charge on any atom is 0.407 e. The molecule has 2 aromatic rings. The smallest absolute Gasteiger partial charge is 0.407 e. The summed E-state index contributed by atoms with van der Waals surface area (Å²) in [6.07, 6.45) is 1.35. The van der Waals surface area contributed by atoms with Crippen molar-refractivity contribution in [2.45, 2.75) is 57.7 Å². The maximum atomic E-state index is 12.4. The van der Waals surface area contributed by atoms with Crippen LogP contribution in [0.3, 0.4) is 0 Å². The minimum absolute atomic E-state index is 0.0124. The van der Waals surface area contributed by atoms with Gasteiger partial charge in [-0.1, -0.05) is 6.07 Å². The van der Waals surface area contributed by atoms with Crippen LogP contribution in [0.4, 0.5) is 4.79 Å². The molecule has 1 amide bonds. The third-order valence-electron chi connectivity index (χ3n) is 5.91. The van der Waals surface area contributed by atoms with Crippen LogP contribution in [0.2, 0.25) is 0 Å². The molecule has 1 aromatic carbocycles. The van der Waals surface area contributed by atoms with Crippen molar-refractivity contribution in [1.29, 1.82) is 5.26 Å². The Morgan fingerprint density at radius 2 is 1.93 bits per heavy atom. The summed E-state index contributed by atoms with van der Waals surface area (Å²) in [6.45, 7) is 8.71. The maximum absolute atomic E-state index is 12.4. The quantitative estimate of drug-likeness (QED) is 0.844. The first kappa shape index (κ1) is 20.4. The van der Waals surface area contributed by atoms with Crippen molar-refractivity contribution in [2.24, 2.45) is 0 Å². The molecule has 0 spiro atoms. The number of carbonyl (C=O) groups excluding carboxylic acids is 1. The molecule has 2 aliphatic heterocycles. The van der Waals surface area contributed by atoms with E-state index in [1.807, 2.05) is 43.5 Å². The standard InChI is InChI=1S/C23H28N4O3/c1-23(2,3)30-22(29)25-18-8-10-26(11-9-18)13-17-14-27-19(28)7-6-15-4-5-16(12-24)20(17)21(15)27/h4-7,17-18H,8-11,13-14H2,1-3H3,(H,25,29). The fourth-order valence-corrected chi connectivity index (χ4v) is 4.62. The SMILES string of the molecule is CC(C)(C)OC(=O)NC1CCN(CC2Cn3c(=O)ccc4ccc(C#N)c2c43)CC1. The van der Waals surface area contributed by atoms with E-state index in [9.17, 15) is 14.9 Å². The van der Waals surface area contributed by atoms with Gasteiger partial charge in [0.1, 0.15) is 5.60 Å². The molecule has 1 saturated heterocycles. The summed E-state index contributed by atoms with van der Waals surface area (Å²) in [4.78, 5) is 26.8. The first-order chi connectivity index (χ1) is 14.2. The van der Waals surface area contributed by atoms with Gasteiger partial charge in [0.05, 0.1) is 17.1 Å². The molecule has 1 unspecified atom stereocenters. The predicted molar refractivity (Wildman–Crippen MR) is 114 cm³/mol. The van der Waals surface area contributed by atoms with Gasteiger partial charge in [-0.15, -0.1) is 0 Å². The van der Waals surface area contributed by atoms with Crippen molar-refractivity contribution in [3.63, 3.8) is 0 Å². The van der Waals surface area contributed by atoms with Crippen molar-refractivity contribution in [3.05, 3.63) is 45.7 Å². The van der Waals surface area contributed by atoms with Gasteiger partial charge in [0.25, 0.3) is 5.56 Å². The van der Waals surface area contributed by atoms with Crippen LogP contribution in [0.1, 0.15) is 50.7 Å². The van der Waals surface area contributed by atoms with E-state index in [0.717, 1.165) is 48.9 Å². The number of hydrogen-bond acceptors (Lipinski definition) is 5. The number of nitrogens with one attached hydrogen (secondary N) is 1. The molecule has 1 atom stereocenters. The molecule has 1 aromatic heterocycles. The van der Waals surface area contributed by atoms with Crippen LogP contribution >= 0.6 is 0 Å². The molecule has 7 nitrogen and oxygen atoms in total. The molecule has 0 bridgehead atoms. The average molecular weight is 409 g/mol. The number of pyridine rings is 1. The zero-order chi connectivity index (χ0) is 21.5. The van der Waals surface area contributed by atoms with Gasteiger partial charge in [-0.3, -0.25) is 4.79 Å². The minimum atomic E-state index is -0.500. The number of rotatable bonds is 3.